The molecule has 0 spiro atoms. The van der Waals surface area contributed by atoms with Crippen molar-refractivity contribution < 1.29 is 18.0 Å². The number of carbonyl (C=O) groups is 2. The number of nitrogens with zero attached hydrogens (tertiary/aromatic N) is 1. The predicted octanol–water partition coefficient (Wildman–Crippen LogP) is 3.85. The van der Waals surface area contributed by atoms with Crippen LogP contribution in [0, 0.1) is 26.7 Å². The number of hydrogen-bond acceptors (Lipinski definition) is 4. The van der Waals surface area contributed by atoms with E-state index in [2.05, 4.69) is 5.32 Å². The second-order valence-corrected chi connectivity index (χ2v) is 9.91. The van der Waals surface area contributed by atoms with Crippen LogP contribution in [-0.4, -0.2) is 37.5 Å². The maximum atomic E-state index is 13.2. The summed E-state index contributed by atoms with van der Waals surface area (Å²) in [5.41, 5.74) is 3.65. The topological polar surface area (TPSA) is 83.6 Å². The van der Waals surface area contributed by atoms with E-state index < -0.39 is 10.0 Å². The Balaban J connectivity index is 1.68. The van der Waals surface area contributed by atoms with Crippen molar-refractivity contribution in [3.63, 3.8) is 0 Å². The summed E-state index contributed by atoms with van der Waals surface area (Å²) in [6.07, 6.45) is 0.919. The van der Waals surface area contributed by atoms with Crippen molar-refractivity contribution in [1.29, 1.82) is 0 Å². The van der Waals surface area contributed by atoms with E-state index in [1.807, 2.05) is 32.9 Å². The Morgan fingerprint density at radius 1 is 1.00 bits per heavy atom. The Kier molecular flexibility index (Phi) is 6.43. The molecule has 1 heterocycles. The van der Waals surface area contributed by atoms with E-state index >= 15 is 0 Å². The van der Waals surface area contributed by atoms with E-state index in [1.54, 1.807) is 24.3 Å². The van der Waals surface area contributed by atoms with Gasteiger partial charge in [0.05, 0.1) is 4.90 Å². The number of piperidine rings is 1. The highest BCUT2D eigenvalue weighted by molar-refractivity contribution is 7.89. The molecule has 2 aromatic carbocycles. The monoisotopic (exact) mass is 428 g/mol. The highest BCUT2D eigenvalue weighted by Gasteiger charge is 2.33. The first-order valence-corrected chi connectivity index (χ1v) is 11.5. The minimum atomic E-state index is -3.60. The number of amides is 1. The second-order valence-electron chi connectivity index (χ2n) is 8.03. The summed E-state index contributed by atoms with van der Waals surface area (Å²) >= 11 is 0. The van der Waals surface area contributed by atoms with Crippen LogP contribution >= 0.6 is 0 Å². The number of anilines is 1. The van der Waals surface area contributed by atoms with Gasteiger partial charge in [0, 0.05) is 30.3 Å². The normalized spacial score (nSPS) is 15.7. The van der Waals surface area contributed by atoms with Crippen LogP contribution in [0.15, 0.2) is 41.3 Å². The molecule has 6 nitrogen and oxygen atoms in total. The molecule has 7 heteroatoms. The number of Topliss-reactive ketones (excluding diaryl/α,β-unsaturated/α-hetero) is 1. The SMILES string of the molecule is CC(=O)c1cccc(NC(=O)C2CCN(S(=O)(=O)c3c(C)cc(C)cc3C)CC2)c1. The van der Waals surface area contributed by atoms with Crippen molar-refractivity contribution in [3.05, 3.63) is 58.7 Å². The Hall–Kier alpha value is -2.51. The van der Waals surface area contributed by atoms with Gasteiger partial charge >= 0.3 is 0 Å². The smallest absolute Gasteiger partial charge is 0.243 e. The first-order chi connectivity index (χ1) is 14.1. The van der Waals surface area contributed by atoms with Crippen LogP contribution in [-0.2, 0) is 14.8 Å². The number of hydrogen-bond donors (Lipinski definition) is 1. The molecule has 0 radical (unpaired) electrons. The summed E-state index contributed by atoms with van der Waals surface area (Å²) in [5.74, 6) is -0.473. The van der Waals surface area contributed by atoms with Gasteiger partial charge in [-0.3, -0.25) is 9.59 Å². The molecule has 1 fully saturated rings. The zero-order valence-corrected chi connectivity index (χ0v) is 18.7. The molecule has 1 aliphatic heterocycles. The van der Waals surface area contributed by atoms with Gasteiger partial charge in [0.2, 0.25) is 15.9 Å². The van der Waals surface area contributed by atoms with Gasteiger partial charge in [-0.05, 0) is 63.8 Å². The molecule has 1 N–H and O–H groups in total. The van der Waals surface area contributed by atoms with Gasteiger partial charge in [-0.25, -0.2) is 8.42 Å². The lowest BCUT2D eigenvalue weighted by Crippen LogP contribution is -2.41. The lowest BCUT2D eigenvalue weighted by Gasteiger charge is -2.31. The van der Waals surface area contributed by atoms with Crippen molar-refractivity contribution in [2.24, 2.45) is 5.92 Å². The zero-order valence-electron chi connectivity index (χ0n) is 17.9. The Labute approximate surface area is 178 Å². The van der Waals surface area contributed by atoms with Crippen LogP contribution < -0.4 is 5.32 Å². The summed E-state index contributed by atoms with van der Waals surface area (Å²) in [7, 11) is -3.60. The second kappa shape index (κ2) is 8.70. The fraction of sp³-hybridized carbons (Fsp3) is 0.391. The average molecular weight is 429 g/mol. The lowest BCUT2D eigenvalue weighted by molar-refractivity contribution is -0.120. The third-order valence-corrected chi connectivity index (χ3v) is 7.77. The van der Waals surface area contributed by atoms with Crippen molar-refractivity contribution in [2.75, 3.05) is 18.4 Å². The van der Waals surface area contributed by atoms with E-state index in [-0.39, 0.29) is 17.6 Å². The lowest BCUT2D eigenvalue weighted by atomic mass is 9.97. The van der Waals surface area contributed by atoms with Crippen molar-refractivity contribution in [2.45, 2.75) is 45.4 Å². The number of ketones is 1. The maximum Gasteiger partial charge on any atom is 0.243 e. The van der Waals surface area contributed by atoms with E-state index in [0.29, 0.717) is 42.1 Å². The molecule has 0 unspecified atom stereocenters. The summed E-state index contributed by atoms with van der Waals surface area (Å²) in [6, 6.07) is 10.6. The number of rotatable bonds is 5. The first-order valence-electron chi connectivity index (χ1n) is 10.1. The fourth-order valence-corrected chi connectivity index (χ4v) is 6.00. The maximum absolute atomic E-state index is 13.2. The minimum Gasteiger partial charge on any atom is -0.326 e. The van der Waals surface area contributed by atoms with Gasteiger partial charge in [0.15, 0.2) is 5.78 Å². The number of aryl methyl sites for hydroxylation is 3. The standard InChI is InChI=1S/C23H28N2O4S/c1-15-12-16(2)22(17(3)13-15)30(28,29)25-10-8-19(9-11-25)23(27)24-21-7-5-6-20(14-21)18(4)26/h5-7,12-14,19H,8-11H2,1-4H3,(H,24,27). The van der Waals surface area contributed by atoms with Crippen LogP contribution in [0.5, 0.6) is 0 Å². The molecule has 0 atom stereocenters. The van der Waals surface area contributed by atoms with Gasteiger partial charge < -0.3 is 5.32 Å². The van der Waals surface area contributed by atoms with Crippen LogP contribution in [0.1, 0.15) is 46.8 Å². The number of nitrogens with one attached hydrogen (secondary N) is 1. The third kappa shape index (κ3) is 4.63. The van der Waals surface area contributed by atoms with Gasteiger partial charge in [-0.2, -0.15) is 4.31 Å². The van der Waals surface area contributed by atoms with Crippen molar-refractivity contribution >= 4 is 27.4 Å². The van der Waals surface area contributed by atoms with Crippen LogP contribution in [0.3, 0.4) is 0 Å². The van der Waals surface area contributed by atoms with Crippen LogP contribution in [0.25, 0.3) is 0 Å². The molecule has 3 rings (SSSR count). The molecule has 0 aliphatic carbocycles. The Bertz CT molecular complexity index is 1060. The molecule has 30 heavy (non-hydrogen) atoms. The van der Waals surface area contributed by atoms with E-state index in [4.69, 9.17) is 0 Å². The fourth-order valence-electron chi connectivity index (χ4n) is 4.12. The highest BCUT2D eigenvalue weighted by Crippen LogP contribution is 2.29. The molecule has 0 saturated carbocycles. The van der Waals surface area contributed by atoms with Crippen LogP contribution in [0.4, 0.5) is 5.69 Å². The highest BCUT2D eigenvalue weighted by atomic mass is 32.2. The summed E-state index contributed by atoms with van der Waals surface area (Å²) in [5, 5.41) is 2.86. The van der Waals surface area contributed by atoms with Crippen molar-refractivity contribution in [3.8, 4) is 0 Å². The molecular weight excluding hydrogens is 400 g/mol. The number of benzene rings is 2. The van der Waals surface area contributed by atoms with Gasteiger partial charge in [0.25, 0.3) is 0 Å². The largest absolute Gasteiger partial charge is 0.326 e. The molecule has 1 amide bonds. The molecule has 160 valence electrons. The molecule has 1 aliphatic rings. The number of sulfonamides is 1. The number of carbonyl (C=O) groups excluding carboxylic acids is 2. The first kappa shape index (κ1) is 22.2. The summed E-state index contributed by atoms with van der Waals surface area (Å²) < 4.78 is 27.9. The van der Waals surface area contributed by atoms with Gasteiger partial charge in [0.1, 0.15) is 0 Å². The molecule has 0 bridgehead atoms. The van der Waals surface area contributed by atoms with Crippen molar-refractivity contribution in [1.82, 2.24) is 4.31 Å². The van der Waals surface area contributed by atoms with Gasteiger partial charge in [-0.1, -0.05) is 29.8 Å². The molecule has 0 aromatic heterocycles. The zero-order chi connectivity index (χ0) is 22.1. The quantitative estimate of drug-likeness (QED) is 0.733. The van der Waals surface area contributed by atoms with E-state index in [0.717, 1.165) is 16.7 Å². The molecule has 1 saturated heterocycles. The molecule has 2 aromatic rings. The van der Waals surface area contributed by atoms with E-state index in [9.17, 15) is 18.0 Å². The third-order valence-electron chi connectivity index (χ3n) is 5.56. The Morgan fingerprint density at radius 2 is 1.60 bits per heavy atom. The summed E-state index contributed by atoms with van der Waals surface area (Å²) in [6.45, 7) is 7.69. The minimum absolute atomic E-state index is 0.0636. The van der Waals surface area contributed by atoms with E-state index in [1.165, 1.54) is 11.2 Å². The molecular formula is C23H28N2O4S. The average Bonchev–Trinajstić information content (AvgIpc) is 2.67. The van der Waals surface area contributed by atoms with Crippen LogP contribution in [0.2, 0.25) is 0 Å². The predicted molar refractivity (Wildman–Crippen MR) is 117 cm³/mol. The van der Waals surface area contributed by atoms with Gasteiger partial charge in [-0.15, -0.1) is 0 Å². The summed E-state index contributed by atoms with van der Waals surface area (Å²) in [4.78, 5) is 24.6. The Morgan fingerprint density at radius 3 is 2.17 bits per heavy atom.